The summed E-state index contributed by atoms with van der Waals surface area (Å²) in [6, 6.07) is 2.07. The van der Waals surface area contributed by atoms with Crippen molar-refractivity contribution in [3.8, 4) is 0 Å². The molecule has 1 aliphatic carbocycles. The maximum absolute atomic E-state index is 9.37. The average molecular weight is 155 g/mol. The predicted octanol–water partition coefficient (Wildman–Crippen LogP) is 1.19. The van der Waals surface area contributed by atoms with Crippen molar-refractivity contribution in [2.75, 3.05) is 0 Å². The molecule has 0 saturated carbocycles. The molecule has 2 nitrogen and oxygen atoms in total. The van der Waals surface area contributed by atoms with Crippen LogP contribution in [0.5, 0.6) is 0 Å². The molecule has 1 heterocycles. The van der Waals surface area contributed by atoms with E-state index in [0.717, 1.165) is 10.4 Å². The second kappa shape index (κ2) is 2.05. The van der Waals surface area contributed by atoms with Gasteiger partial charge in [0.2, 0.25) is 0 Å². The standard InChI is InChI=1S/C7H9NOS/c8-5-3-6(9)7-4(5)1-2-10-7/h1-2,5-6,9H,3,8H2/t5-,6-/m1/s1. The molecule has 0 unspecified atom stereocenters. The SMILES string of the molecule is N[C@@H]1C[C@@H](O)c2sccc21. The Hall–Kier alpha value is -0.380. The van der Waals surface area contributed by atoms with Crippen LogP contribution in [0.15, 0.2) is 11.4 Å². The van der Waals surface area contributed by atoms with Gasteiger partial charge in [0, 0.05) is 10.9 Å². The zero-order valence-corrected chi connectivity index (χ0v) is 6.27. The van der Waals surface area contributed by atoms with Crippen LogP contribution in [0.3, 0.4) is 0 Å². The smallest absolute Gasteiger partial charge is 0.0903 e. The molecule has 10 heavy (non-hydrogen) atoms. The largest absolute Gasteiger partial charge is 0.387 e. The van der Waals surface area contributed by atoms with Gasteiger partial charge in [0.1, 0.15) is 0 Å². The monoisotopic (exact) mass is 155 g/mol. The molecule has 0 aromatic carbocycles. The molecule has 3 heteroatoms. The summed E-state index contributed by atoms with van der Waals surface area (Å²) in [6.07, 6.45) is 0.396. The van der Waals surface area contributed by atoms with Gasteiger partial charge < -0.3 is 10.8 Å². The summed E-state index contributed by atoms with van der Waals surface area (Å²) in [5.74, 6) is 0. The summed E-state index contributed by atoms with van der Waals surface area (Å²) in [5, 5.41) is 11.4. The van der Waals surface area contributed by atoms with Gasteiger partial charge in [-0.3, -0.25) is 0 Å². The van der Waals surface area contributed by atoms with Gasteiger partial charge in [-0.15, -0.1) is 11.3 Å². The molecule has 1 aromatic heterocycles. The molecular weight excluding hydrogens is 146 g/mol. The van der Waals surface area contributed by atoms with Gasteiger partial charge in [-0.2, -0.15) is 0 Å². The normalized spacial score (nSPS) is 30.6. The van der Waals surface area contributed by atoms with Gasteiger partial charge in [-0.05, 0) is 23.4 Å². The van der Waals surface area contributed by atoms with E-state index in [0.29, 0.717) is 6.42 Å². The lowest BCUT2D eigenvalue weighted by Crippen LogP contribution is -2.04. The Bertz CT molecular complexity index is 223. The highest BCUT2D eigenvalue weighted by atomic mass is 32.1. The van der Waals surface area contributed by atoms with Crippen molar-refractivity contribution in [3.63, 3.8) is 0 Å². The van der Waals surface area contributed by atoms with Crippen LogP contribution in [0.2, 0.25) is 0 Å². The fraction of sp³-hybridized carbons (Fsp3) is 0.429. The van der Waals surface area contributed by atoms with E-state index in [1.54, 1.807) is 11.3 Å². The maximum atomic E-state index is 9.37. The lowest BCUT2D eigenvalue weighted by atomic mass is 10.2. The molecule has 0 fully saturated rings. The Kier molecular flexibility index (Phi) is 1.30. The molecule has 3 N–H and O–H groups in total. The van der Waals surface area contributed by atoms with Crippen LogP contribution in [0.25, 0.3) is 0 Å². The molecule has 1 aromatic rings. The molecule has 0 aliphatic heterocycles. The number of thiophene rings is 1. The Labute approximate surface area is 63.3 Å². The van der Waals surface area contributed by atoms with E-state index in [1.165, 1.54) is 0 Å². The number of hydrogen-bond acceptors (Lipinski definition) is 3. The molecule has 54 valence electrons. The number of hydrogen-bond donors (Lipinski definition) is 2. The van der Waals surface area contributed by atoms with Crippen molar-refractivity contribution in [1.29, 1.82) is 0 Å². The molecule has 0 spiro atoms. The lowest BCUT2D eigenvalue weighted by molar-refractivity contribution is 0.176. The number of aliphatic hydroxyl groups excluding tert-OH is 1. The highest BCUT2D eigenvalue weighted by molar-refractivity contribution is 7.10. The third-order valence-corrected chi connectivity index (χ3v) is 2.94. The van der Waals surface area contributed by atoms with Gasteiger partial charge in [-0.1, -0.05) is 0 Å². The van der Waals surface area contributed by atoms with Crippen molar-refractivity contribution >= 4 is 11.3 Å². The molecule has 2 rings (SSSR count). The van der Waals surface area contributed by atoms with E-state index in [2.05, 4.69) is 0 Å². The van der Waals surface area contributed by atoms with Gasteiger partial charge in [0.15, 0.2) is 0 Å². The van der Waals surface area contributed by atoms with Crippen LogP contribution in [-0.2, 0) is 0 Å². The van der Waals surface area contributed by atoms with E-state index in [4.69, 9.17) is 5.73 Å². The average Bonchev–Trinajstić information content (AvgIpc) is 2.39. The Morgan fingerprint density at radius 3 is 3.20 bits per heavy atom. The van der Waals surface area contributed by atoms with Crippen LogP contribution in [0.1, 0.15) is 29.0 Å². The van der Waals surface area contributed by atoms with Crippen LogP contribution in [0.4, 0.5) is 0 Å². The molecule has 0 saturated heterocycles. The summed E-state index contributed by atoms with van der Waals surface area (Å²) in [5.41, 5.74) is 6.86. The minimum Gasteiger partial charge on any atom is -0.387 e. The summed E-state index contributed by atoms with van der Waals surface area (Å²) in [6.45, 7) is 0. The Morgan fingerprint density at radius 1 is 1.70 bits per heavy atom. The van der Waals surface area contributed by atoms with E-state index in [1.807, 2.05) is 11.4 Å². The van der Waals surface area contributed by atoms with E-state index < -0.39 is 0 Å². The maximum Gasteiger partial charge on any atom is 0.0903 e. The second-order valence-corrected chi connectivity index (χ2v) is 3.55. The number of rotatable bonds is 0. The zero-order valence-electron chi connectivity index (χ0n) is 5.45. The fourth-order valence-electron chi connectivity index (χ4n) is 1.38. The highest BCUT2D eigenvalue weighted by Crippen LogP contribution is 2.40. The first-order valence-electron chi connectivity index (χ1n) is 3.30. The van der Waals surface area contributed by atoms with Crippen molar-refractivity contribution in [2.45, 2.75) is 18.6 Å². The molecule has 1 aliphatic rings. The quantitative estimate of drug-likeness (QED) is 0.591. The van der Waals surface area contributed by atoms with Gasteiger partial charge in [0.25, 0.3) is 0 Å². The topological polar surface area (TPSA) is 46.2 Å². The van der Waals surface area contributed by atoms with Crippen molar-refractivity contribution in [3.05, 3.63) is 21.9 Å². The third-order valence-electron chi connectivity index (χ3n) is 1.91. The fourth-order valence-corrected chi connectivity index (χ4v) is 2.35. The minimum atomic E-state index is -0.301. The van der Waals surface area contributed by atoms with E-state index in [9.17, 15) is 5.11 Å². The summed E-state index contributed by atoms with van der Waals surface area (Å²) in [7, 11) is 0. The molecular formula is C7H9NOS. The summed E-state index contributed by atoms with van der Waals surface area (Å²) >= 11 is 1.59. The molecule has 0 radical (unpaired) electrons. The van der Waals surface area contributed by atoms with Crippen molar-refractivity contribution in [2.24, 2.45) is 5.73 Å². The molecule has 2 atom stereocenters. The van der Waals surface area contributed by atoms with Gasteiger partial charge in [-0.25, -0.2) is 0 Å². The minimum absolute atomic E-state index is 0.0660. The number of fused-ring (bicyclic) bond motifs is 1. The first-order chi connectivity index (χ1) is 4.79. The third kappa shape index (κ3) is 0.714. The van der Waals surface area contributed by atoms with Crippen LogP contribution in [0, 0.1) is 0 Å². The van der Waals surface area contributed by atoms with Gasteiger partial charge >= 0.3 is 0 Å². The zero-order chi connectivity index (χ0) is 7.14. The molecule has 0 amide bonds. The van der Waals surface area contributed by atoms with Gasteiger partial charge in [0.05, 0.1) is 6.10 Å². The van der Waals surface area contributed by atoms with Crippen LogP contribution in [-0.4, -0.2) is 5.11 Å². The first-order valence-corrected chi connectivity index (χ1v) is 4.18. The number of nitrogens with two attached hydrogens (primary N) is 1. The van der Waals surface area contributed by atoms with Crippen LogP contribution >= 0.6 is 11.3 Å². The summed E-state index contributed by atoms with van der Waals surface area (Å²) in [4.78, 5) is 1.06. The Balaban J connectivity index is 2.48. The highest BCUT2D eigenvalue weighted by Gasteiger charge is 2.27. The van der Waals surface area contributed by atoms with Crippen molar-refractivity contribution < 1.29 is 5.11 Å². The lowest BCUT2D eigenvalue weighted by Gasteiger charge is -1.99. The van der Waals surface area contributed by atoms with E-state index in [-0.39, 0.29) is 12.1 Å². The second-order valence-electron chi connectivity index (χ2n) is 2.60. The summed E-state index contributed by atoms with van der Waals surface area (Å²) < 4.78 is 0. The Morgan fingerprint density at radius 2 is 2.50 bits per heavy atom. The van der Waals surface area contributed by atoms with Crippen LogP contribution < -0.4 is 5.73 Å². The van der Waals surface area contributed by atoms with E-state index >= 15 is 0 Å². The first kappa shape index (κ1) is 6.34. The number of aliphatic hydroxyl groups is 1. The predicted molar refractivity (Wildman–Crippen MR) is 40.8 cm³/mol. The molecule has 0 bridgehead atoms. The van der Waals surface area contributed by atoms with Crippen molar-refractivity contribution in [1.82, 2.24) is 0 Å².